The van der Waals surface area contributed by atoms with Gasteiger partial charge in [0.2, 0.25) is 0 Å². The molecule has 6 heteroatoms. The van der Waals surface area contributed by atoms with Gasteiger partial charge in [0, 0.05) is 23.2 Å². The number of H-pyrrole nitrogens is 1. The lowest BCUT2D eigenvalue weighted by molar-refractivity contribution is -0.122. The number of hydrogen-bond acceptors (Lipinski definition) is 4. The molecule has 0 aliphatic carbocycles. The molecule has 1 aromatic heterocycles. The van der Waals surface area contributed by atoms with Crippen molar-refractivity contribution in [2.24, 2.45) is 0 Å². The lowest BCUT2D eigenvalue weighted by Gasteiger charge is -2.35. The first-order valence-corrected chi connectivity index (χ1v) is 8.38. The molecule has 1 N–H and O–H groups in total. The predicted molar refractivity (Wildman–Crippen MR) is 94.0 cm³/mol. The van der Waals surface area contributed by atoms with E-state index in [9.17, 15) is 9.59 Å². The van der Waals surface area contributed by atoms with Gasteiger partial charge in [-0.25, -0.2) is 4.79 Å². The zero-order chi connectivity index (χ0) is 18.2. The summed E-state index contributed by atoms with van der Waals surface area (Å²) in [6.45, 7) is 7.25. The lowest BCUT2D eigenvalue weighted by atomic mass is 9.95. The predicted octanol–water partition coefficient (Wildman–Crippen LogP) is 3.33. The van der Waals surface area contributed by atoms with Crippen molar-refractivity contribution in [1.29, 1.82) is 0 Å². The van der Waals surface area contributed by atoms with Crippen LogP contribution in [0.15, 0.2) is 30.3 Å². The number of benzene rings is 1. The van der Waals surface area contributed by atoms with Crippen LogP contribution in [0.2, 0.25) is 0 Å². The molecule has 6 nitrogen and oxygen atoms in total. The van der Waals surface area contributed by atoms with Gasteiger partial charge >= 0.3 is 6.09 Å². The Kier molecular flexibility index (Phi) is 4.37. The third kappa shape index (κ3) is 3.57. The van der Waals surface area contributed by atoms with Crippen LogP contribution in [0, 0.1) is 0 Å². The molecule has 2 aromatic rings. The van der Waals surface area contributed by atoms with Crippen molar-refractivity contribution in [2.45, 2.75) is 52.3 Å². The molecule has 25 heavy (non-hydrogen) atoms. The highest BCUT2D eigenvalue weighted by molar-refractivity contribution is 5.86. The van der Waals surface area contributed by atoms with Crippen LogP contribution in [0.5, 0.6) is 0 Å². The second-order valence-corrected chi connectivity index (χ2v) is 7.33. The van der Waals surface area contributed by atoms with E-state index in [1.807, 2.05) is 51.1 Å². The Morgan fingerprint density at radius 1 is 1.24 bits per heavy atom. The topological polar surface area (TPSA) is 75.3 Å². The van der Waals surface area contributed by atoms with Crippen molar-refractivity contribution < 1.29 is 14.3 Å². The quantitative estimate of drug-likeness (QED) is 0.909. The van der Waals surface area contributed by atoms with Gasteiger partial charge in [-0.05, 0) is 27.7 Å². The molecule has 1 aliphatic heterocycles. The summed E-state index contributed by atoms with van der Waals surface area (Å²) in [7, 11) is 0. The SMILES string of the molecule is CC(=O)C1Cc2[nH]nc(-c3ccccc3)c2CN1C(=O)OC(C)(C)C. The molecular formula is C19H23N3O3. The van der Waals surface area contributed by atoms with Crippen molar-refractivity contribution in [1.82, 2.24) is 15.1 Å². The monoisotopic (exact) mass is 341 g/mol. The molecule has 1 aliphatic rings. The highest BCUT2D eigenvalue weighted by Crippen LogP contribution is 2.31. The number of fused-ring (bicyclic) bond motifs is 1. The number of rotatable bonds is 2. The van der Waals surface area contributed by atoms with E-state index in [0.29, 0.717) is 13.0 Å². The van der Waals surface area contributed by atoms with E-state index in [1.165, 1.54) is 11.8 Å². The summed E-state index contributed by atoms with van der Waals surface area (Å²) in [5.41, 5.74) is 3.02. The molecule has 0 bridgehead atoms. The zero-order valence-electron chi connectivity index (χ0n) is 15.0. The molecule has 1 aromatic carbocycles. The molecule has 0 saturated carbocycles. The van der Waals surface area contributed by atoms with Gasteiger partial charge in [0.25, 0.3) is 0 Å². The number of aromatic amines is 1. The molecule has 132 valence electrons. The van der Waals surface area contributed by atoms with E-state index in [4.69, 9.17) is 4.74 Å². The fraction of sp³-hybridized carbons (Fsp3) is 0.421. The molecule has 1 amide bonds. The number of carbonyl (C=O) groups excluding carboxylic acids is 2. The van der Waals surface area contributed by atoms with Crippen LogP contribution >= 0.6 is 0 Å². The number of Topliss-reactive ketones (excluding diaryl/α,β-unsaturated/α-hetero) is 1. The fourth-order valence-corrected chi connectivity index (χ4v) is 3.03. The van der Waals surface area contributed by atoms with Crippen molar-refractivity contribution >= 4 is 11.9 Å². The van der Waals surface area contributed by atoms with Crippen LogP contribution in [0.3, 0.4) is 0 Å². The van der Waals surface area contributed by atoms with Crippen LogP contribution in [-0.2, 0) is 22.5 Å². The van der Waals surface area contributed by atoms with Gasteiger partial charge in [-0.15, -0.1) is 0 Å². The molecule has 2 heterocycles. The van der Waals surface area contributed by atoms with E-state index in [0.717, 1.165) is 22.5 Å². The molecule has 0 fully saturated rings. The Hall–Kier alpha value is -2.63. The van der Waals surface area contributed by atoms with Gasteiger partial charge in [-0.3, -0.25) is 14.8 Å². The smallest absolute Gasteiger partial charge is 0.411 e. The maximum atomic E-state index is 12.6. The summed E-state index contributed by atoms with van der Waals surface area (Å²) in [5.74, 6) is -0.0626. The van der Waals surface area contributed by atoms with E-state index in [-0.39, 0.29) is 5.78 Å². The van der Waals surface area contributed by atoms with Gasteiger partial charge in [-0.1, -0.05) is 30.3 Å². The minimum Gasteiger partial charge on any atom is -0.444 e. The fourth-order valence-electron chi connectivity index (χ4n) is 3.03. The summed E-state index contributed by atoms with van der Waals surface area (Å²) < 4.78 is 5.50. The molecule has 1 atom stereocenters. The van der Waals surface area contributed by atoms with Crippen LogP contribution in [0.1, 0.15) is 39.0 Å². The standard InChI is InChI=1S/C19H23N3O3/c1-12(23)16-10-15-14(11-22(16)18(24)25-19(2,3)4)17(21-20-15)13-8-6-5-7-9-13/h5-9,16H,10-11H2,1-4H3,(H,20,21). The Labute approximate surface area is 147 Å². The number of carbonyl (C=O) groups is 2. The average Bonchev–Trinajstić information content (AvgIpc) is 2.95. The molecule has 0 saturated heterocycles. The normalized spacial score (nSPS) is 17.1. The van der Waals surface area contributed by atoms with Crippen LogP contribution < -0.4 is 0 Å². The third-order valence-corrected chi connectivity index (χ3v) is 4.20. The summed E-state index contributed by atoms with van der Waals surface area (Å²) in [6, 6.07) is 9.26. The minimum absolute atomic E-state index is 0.0626. The summed E-state index contributed by atoms with van der Waals surface area (Å²) >= 11 is 0. The van der Waals surface area contributed by atoms with Crippen molar-refractivity contribution in [2.75, 3.05) is 0 Å². The first kappa shape index (κ1) is 17.2. The maximum Gasteiger partial charge on any atom is 0.411 e. The number of ether oxygens (including phenoxy) is 1. The van der Waals surface area contributed by atoms with E-state index < -0.39 is 17.7 Å². The lowest BCUT2D eigenvalue weighted by Crippen LogP contribution is -2.49. The number of hydrogen-bond donors (Lipinski definition) is 1. The van der Waals surface area contributed by atoms with Gasteiger partial charge in [-0.2, -0.15) is 5.10 Å². The second-order valence-electron chi connectivity index (χ2n) is 7.33. The van der Waals surface area contributed by atoms with Crippen molar-refractivity contribution in [3.05, 3.63) is 41.6 Å². The number of nitrogens with one attached hydrogen (secondary N) is 1. The largest absolute Gasteiger partial charge is 0.444 e. The first-order chi connectivity index (χ1) is 11.8. The first-order valence-electron chi connectivity index (χ1n) is 8.38. The minimum atomic E-state index is -0.614. The van der Waals surface area contributed by atoms with Gasteiger partial charge < -0.3 is 4.74 Å². The number of aromatic nitrogens is 2. The van der Waals surface area contributed by atoms with Crippen LogP contribution in [0.4, 0.5) is 4.79 Å². The van der Waals surface area contributed by atoms with Crippen molar-refractivity contribution in [3.63, 3.8) is 0 Å². The Balaban J connectivity index is 1.96. The molecule has 3 rings (SSSR count). The number of nitrogens with zero attached hydrogens (tertiary/aromatic N) is 2. The summed E-state index contributed by atoms with van der Waals surface area (Å²) in [6.07, 6.45) is -0.0532. The van der Waals surface area contributed by atoms with Gasteiger partial charge in [0.15, 0.2) is 5.78 Å². The van der Waals surface area contributed by atoms with Gasteiger partial charge in [0.1, 0.15) is 5.60 Å². The Morgan fingerprint density at radius 3 is 2.52 bits per heavy atom. The van der Waals surface area contributed by atoms with Crippen LogP contribution in [-0.4, -0.2) is 38.6 Å². The van der Waals surface area contributed by atoms with E-state index in [2.05, 4.69) is 10.2 Å². The third-order valence-electron chi connectivity index (χ3n) is 4.20. The van der Waals surface area contributed by atoms with E-state index >= 15 is 0 Å². The maximum absolute atomic E-state index is 12.6. The van der Waals surface area contributed by atoms with E-state index in [1.54, 1.807) is 0 Å². The highest BCUT2D eigenvalue weighted by Gasteiger charge is 2.37. The molecular weight excluding hydrogens is 318 g/mol. The number of ketones is 1. The summed E-state index contributed by atoms with van der Waals surface area (Å²) in [4.78, 5) is 26.2. The molecule has 0 spiro atoms. The Morgan fingerprint density at radius 2 is 1.92 bits per heavy atom. The average molecular weight is 341 g/mol. The second kappa shape index (κ2) is 6.35. The van der Waals surface area contributed by atoms with Crippen LogP contribution in [0.25, 0.3) is 11.3 Å². The summed E-state index contributed by atoms with van der Waals surface area (Å²) in [5, 5.41) is 7.45. The van der Waals surface area contributed by atoms with Gasteiger partial charge in [0.05, 0.1) is 18.3 Å². The highest BCUT2D eigenvalue weighted by atomic mass is 16.6. The number of amides is 1. The van der Waals surface area contributed by atoms with Crippen molar-refractivity contribution in [3.8, 4) is 11.3 Å². The molecule has 0 radical (unpaired) electrons. The zero-order valence-corrected chi connectivity index (χ0v) is 15.0. The Bertz CT molecular complexity index is 790. The molecule has 1 unspecified atom stereocenters.